The molecule has 0 radical (unpaired) electrons. The third-order valence-corrected chi connectivity index (χ3v) is 3.02. The fraction of sp³-hybridized carbons (Fsp3) is 0.333. The Kier molecular flexibility index (Phi) is 9.18. The predicted octanol–water partition coefficient (Wildman–Crippen LogP) is 4.09. The highest BCUT2D eigenvalue weighted by Gasteiger charge is 2.02. The predicted molar refractivity (Wildman–Crippen MR) is 109 cm³/mol. The maximum atomic E-state index is 12.9. The molecule has 0 spiro atoms. The van der Waals surface area contributed by atoms with Crippen LogP contribution in [-0.2, 0) is 6.54 Å². The Labute approximate surface area is 165 Å². The van der Waals surface area contributed by atoms with Gasteiger partial charge in [-0.05, 0) is 50.6 Å². The summed E-state index contributed by atoms with van der Waals surface area (Å²) >= 11 is 0. The second-order valence-electron chi connectivity index (χ2n) is 5.55. The van der Waals surface area contributed by atoms with E-state index < -0.39 is 0 Å². The molecule has 25 heavy (non-hydrogen) atoms. The van der Waals surface area contributed by atoms with E-state index in [-0.39, 0.29) is 29.8 Å². The van der Waals surface area contributed by atoms with Gasteiger partial charge in [0.15, 0.2) is 5.96 Å². The Balaban J connectivity index is 0.00000312. The van der Waals surface area contributed by atoms with Crippen LogP contribution in [0.1, 0.15) is 26.3 Å². The molecule has 0 amide bonds. The van der Waals surface area contributed by atoms with Crippen molar-refractivity contribution in [1.82, 2.24) is 15.6 Å². The fourth-order valence-corrected chi connectivity index (χ4v) is 1.95. The monoisotopic (exact) mass is 458 g/mol. The first-order chi connectivity index (χ1) is 11.6. The molecule has 2 rings (SSSR count). The van der Waals surface area contributed by atoms with Gasteiger partial charge in [-0.1, -0.05) is 6.07 Å². The topological polar surface area (TPSA) is 58.5 Å². The third kappa shape index (κ3) is 7.68. The van der Waals surface area contributed by atoms with E-state index in [0.29, 0.717) is 24.2 Å². The molecule has 2 aromatic rings. The van der Waals surface area contributed by atoms with Crippen molar-refractivity contribution in [3.8, 4) is 11.6 Å². The summed E-state index contributed by atoms with van der Waals surface area (Å²) in [5.74, 6) is 1.49. The van der Waals surface area contributed by atoms with Crippen LogP contribution < -0.4 is 15.4 Å². The Morgan fingerprint density at radius 2 is 1.92 bits per heavy atom. The lowest BCUT2D eigenvalue weighted by Gasteiger charge is -2.13. The van der Waals surface area contributed by atoms with Crippen molar-refractivity contribution >= 4 is 29.9 Å². The molecule has 5 nitrogen and oxygen atoms in total. The number of rotatable bonds is 6. The van der Waals surface area contributed by atoms with E-state index in [1.165, 1.54) is 12.1 Å². The van der Waals surface area contributed by atoms with Crippen LogP contribution in [0, 0.1) is 5.82 Å². The van der Waals surface area contributed by atoms with Crippen LogP contribution in [0.5, 0.6) is 11.6 Å². The van der Waals surface area contributed by atoms with Crippen LogP contribution >= 0.6 is 24.0 Å². The normalized spacial score (nSPS) is 11.0. The molecule has 2 N–H and O–H groups in total. The van der Waals surface area contributed by atoms with E-state index in [0.717, 1.165) is 18.1 Å². The van der Waals surface area contributed by atoms with Crippen LogP contribution in [0.2, 0.25) is 0 Å². The van der Waals surface area contributed by atoms with Crippen LogP contribution in [0.3, 0.4) is 0 Å². The van der Waals surface area contributed by atoms with Gasteiger partial charge in [0.05, 0.1) is 6.54 Å². The lowest BCUT2D eigenvalue weighted by atomic mass is 10.3. The van der Waals surface area contributed by atoms with Gasteiger partial charge >= 0.3 is 0 Å². The zero-order valence-electron chi connectivity index (χ0n) is 14.6. The van der Waals surface area contributed by atoms with E-state index in [1.807, 2.05) is 13.0 Å². The average molecular weight is 458 g/mol. The number of hydrogen-bond acceptors (Lipinski definition) is 3. The summed E-state index contributed by atoms with van der Waals surface area (Å²) in [6, 6.07) is 9.83. The number of nitrogens with zero attached hydrogens (tertiary/aromatic N) is 2. The summed E-state index contributed by atoms with van der Waals surface area (Å²) in [4.78, 5) is 8.77. The highest BCUT2D eigenvalue weighted by Crippen LogP contribution is 2.19. The molecule has 136 valence electrons. The quantitative estimate of drug-likeness (QED) is 0.389. The minimum atomic E-state index is -0.296. The van der Waals surface area contributed by atoms with Gasteiger partial charge in [0.1, 0.15) is 11.6 Å². The number of ether oxygens (including phenoxy) is 1. The van der Waals surface area contributed by atoms with E-state index in [1.54, 1.807) is 24.4 Å². The Morgan fingerprint density at radius 1 is 1.20 bits per heavy atom. The number of aliphatic imine (C=N–C) groups is 1. The van der Waals surface area contributed by atoms with Crippen LogP contribution in [-0.4, -0.2) is 23.5 Å². The third-order valence-electron chi connectivity index (χ3n) is 3.02. The number of hydrogen-bond donors (Lipinski definition) is 2. The summed E-state index contributed by atoms with van der Waals surface area (Å²) in [5, 5.41) is 6.46. The zero-order valence-corrected chi connectivity index (χ0v) is 17.0. The van der Waals surface area contributed by atoms with E-state index >= 15 is 0 Å². The van der Waals surface area contributed by atoms with Gasteiger partial charge in [-0.15, -0.1) is 24.0 Å². The van der Waals surface area contributed by atoms with Gasteiger partial charge < -0.3 is 15.4 Å². The second-order valence-corrected chi connectivity index (χ2v) is 5.55. The highest BCUT2D eigenvalue weighted by molar-refractivity contribution is 14.0. The number of halogens is 2. The molecule has 0 aliphatic heterocycles. The van der Waals surface area contributed by atoms with Crippen molar-refractivity contribution in [3.63, 3.8) is 0 Å². The summed E-state index contributed by atoms with van der Waals surface area (Å²) < 4.78 is 18.4. The molecule has 0 bridgehead atoms. The lowest BCUT2D eigenvalue weighted by Crippen LogP contribution is -2.40. The molecule has 1 aromatic carbocycles. The molecule has 0 fully saturated rings. The summed E-state index contributed by atoms with van der Waals surface area (Å²) in [5.41, 5.74) is 0.974. The fourth-order valence-electron chi connectivity index (χ4n) is 1.95. The molecule has 1 aromatic heterocycles. The van der Waals surface area contributed by atoms with Crippen molar-refractivity contribution in [2.24, 2.45) is 4.99 Å². The Bertz CT molecular complexity index is 660. The van der Waals surface area contributed by atoms with E-state index in [9.17, 15) is 4.39 Å². The molecule has 7 heteroatoms. The average Bonchev–Trinajstić information content (AvgIpc) is 2.56. The number of pyridine rings is 1. The Morgan fingerprint density at radius 3 is 2.48 bits per heavy atom. The summed E-state index contributed by atoms with van der Waals surface area (Å²) in [7, 11) is 0. The minimum absolute atomic E-state index is 0. The first-order valence-corrected chi connectivity index (χ1v) is 8.00. The first-order valence-electron chi connectivity index (χ1n) is 8.00. The lowest BCUT2D eigenvalue weighted by molar-refractivity contribution is 0.461. The summed E-state index contributed by atoms with van der Waals surface area (Å²) in [6.45, 7) is 7.49. The maximum absolute atomic E-state index is 12.9. The molecule has 0 aliphatic rings. The van der Waals surface area contributed by atoms with E-state index in [2.05, 4.69) is 34.5 Å². The number of benzene rings is 1. The molecule has 0 saturated heterocycles. The number of aromatic nitrogens is 1. The zero-order chi connectivity index (χ0) is 17.4. The van der Waals surface area contributed by atoms with Crippen molar-refractivity contribution in [2.45, 2.75) is 33.4 Å². The smallest absolute Gasteiger partial charge is 0.219 e. The van der Waals surface area contributed by atoms with Crippen molar-refractivity contribution in [3.05, 3.63) is 54.0 Å². The minimum Gasteiger partial charge on any atom is -0.439 e. The largest absolute Gasteiger partial charge is 0.439 e. The molecule has 0 aliphatic carbocycles. The molecular formula is C18H24FIN4O. The van der Waals surface area contributed by atoms with Crippen LogP contribution in [0.25, 0.3) is 0 Å². The highest BCUT2D eigenvalue weighted by atomic mass is 127. The number of guanidine groups is 1. The van der Waals surface area contributed by atoms with Gasteiger partial charge in [-0.2, -0.15) is 0 Å². The van der Waals surface area contributed by atoms with Crippen molar-refractivity contribution in [1.29, 1.82) is 0 Å². The Hall–Kier alpha value is -1.90. The standard InChI is InChI=1S/C18H23FN4O.HI/c1-4-20-18(23-13(2)3)22-12-14-5-10-17(21-11-14)24-16-8-6-15(19)7-9-16;/h5-11,13H,4,12H2,1-3H3,(H2,20,22,23);1H. The maximum Gasteiger partial charge on any atom is 0.219 e. The molecule has 1 heterocycles. The van der Waals surface area contributed by atoms with E-state index in [4.69, 9.17) is 4.74 Å². The molecule has 0 saturated carbocycles. The van der Waals surface area contributed by atoms with Gasteiger partial charge in [0.25, 0.3) is 0 Å². The summed E-state index contributed by atoms with van der Waals surface area (Å²) in [6.07, 6.45) is 1.72. The van der Waals surface area contributed by atoms with Gasteiger partial charge in [0, 0.05) is 24.8 Å². The molecule has 0 unspecified atom stereocenters. The number of nitrogens with one attached hydrogen (secondary N) is 2. The van der Waals surface area contributed by atoms with Crippen molar-refractivity contribution < 1.29 is 9.13 Å². The van der Waals surface area contributed by atoms with Crippen LogP contribution in [0.15, 0.2) is 47.6 Å². The van der Waals surface area contributed by atoms with Crippen LogP contribution in [0.4, 0.5) is 4.39 Å². The van der Waals surface area contributed by atoms with Gasteiger partial charge in [-0.3, -0.25) is 0 Å². The second kappa shape index (κ2) is 10.9. The first kappa shape index (κ1) is 21.1. The van der Waals surface area contributed by atoms with Gasteiger partial charge in [0.2, 0.25) is 5.88 Å². The molecule has 0 atom stereocenters. The molecular weight excluding hydrogens is 434 g/mol. The van der Waals surface area contributed by atoms with Crippen molar-refractivity contribution in [2.75, 3.05) is 6.54 Å². The van der Waals surface area contributed by atoms with Gasteiger partial charge in [-0.25, -0.2) is 14.4 Å². The SMILES string of the molecule is CCNC(=NCc1ccc(Oc2ccc(F)cc2)nc1)NC(C)C.I.